The molecule has 0 atom stereocenters. The van der Waals surface area contributed by atoms with E-state index in [1.807, 2.05) is 23.9 Å². The van der Waals surface area contributed by atoms with Crippen LogP contribution < -0.4 is 9.47 Å². The Balaban J connectivity index is 2.12. The average Bonchev–Trinajstić information content (AvgIpc) is 3.00. The largest absolute Gasteiger partial charge is 0.493 e. The van der Waals surface area contributed by atoms with E-state index in [9.17, 15) is 0 Å². The van der Waals surface area contributed by atoms with Crippen LogP contribution in [0.3, 0.4) is 0 Å². The van der Waals surface area contributed by atoms with Gasteiger partial charge in [0.15, 0.2) is 11.5 Å². The first-order chi connectivity index (χ1) is 10.2. The Morgan fingerprint density at radius 3 is 2.81 bits per heavy atom. The molecular formula is C15H19N3O3. The number of oxime groups is 1. The summed E-state index contributed by atoms with van der Waals surface area (Å²) in [6, 6.07) is 5.40. The molecule has 0 saturated carbocycles. The van der Waals surface area contributed by atoms with Crippen LogP contribution in [0, 0.1) is 0 Å². The molecule has 0 spiro atoms. The van der Waals surface area contributed by atoms with E-state index in [0.717, 1.165) is 17.7 Å². The maximum absolute atomic E-state index is 8.81. The summed E-state index contributed by atoms with van der Waals surface area (Å²) in [5.41, 5.74) is 2.29. The van der Waals surface area contributed by atoms with Crippen LogP contribution in [-0.4, -0.2) is 27.8 Å². The van der Waals surface area contributed by atoms with Gasteiger partial charge < -0.3 is 14.7 Å². The highest BCUT2D eigenvalue weighted by molar-refractivity contribution is 5.98. The number of nitrogens with zero attached hydrogens (tertiary/aromatic N) is 3. The minimum absolute atomic E-state index is 0.419. The monoisotopic (exact) mass is 289 g/mol. The first-order valence-corrected chi connectivity index (χ1v) is 6.69. The van der Waals surface area contributed by atoms with Crippen LogP contribution in [0.5, 0.6) is 11.5 Å². The number of benzene rings is 1. The second kappa shape index (κ2) is 6.78. The fourth-order valence-electron chi connectivity index (χ4n) is 1.88. The van der Waals surface area contributed by atoms with Gasteiger partial charge in [-0.05, 0) is 32.0 Å². The highest BCUT2D eigenvalue weighted by Crippen LogP contribution is 2.29. The number of hydrogen-bond acceptors (Lipinski definition) is 5. The maximum atomic E-state index is 8.81. The molecule has 1 aromatic carbocycles. The number of rotatable bonds is 6. The van der Waals surface area contributed by atoms with Crippen LogP contribution in [0.1, 0.15) is 25.0 Å². The molecule has 1 heterocycles. The van der Waals surface area contributed by atoms with Crippen molar-refractivity contribution in [1.29, 1.82) is 0 Å². The minimum Gasteiger partial charge on any atom is -0.493 e. The SMILES string of the molecule is CCn1cc(COc2ccc(C(C)=NO)cc2OC)cn1. The molecule has 21 heavy (non-hydrogen) atoms. The van der Waals surface area contributed by atoms with Gasteiger partial charge in [0.1, 0.15) is 6.61 Å². The summed E-state index contributed by atoms with van der Waals surface area (Å²) in [5.74, 6) is 1.23. The lowest BCUT2D eigenvalue weighted by Gasteiger charge is -2.11. The third kappa shape index (κ3) is 3.53. The van der Waals surface area contributed by atoms with Crippen molar-refractivity contribution >= 4 is 5.71 Å². The highest BCUT2D eigenvalue weighted by Gasteiger charge is 2.08. The average molecular weight is 289 g/mol. The zero-order valence-electron chi connectivity index (χ0n) is 12.4. The van der Waals surface area contributed by atoms with Gasteiger partial charge in [0.2, 0.25) is 0 Å². The Bertz CT molecular complexity index is 635. The normalized spacial score (nSPS) is 11.5. The highest BCUT2D eigenvalue weighted by atomic mass is 16.5. The molecule has 2 aromatic rings. The van der Waals surface area contributed by atoms with Gasteiger partial charge in [-0.3, -0.25) is 4.68 Å². The molecule has 0 amide bonds. The Morgan fingerprint density at radius 1 is 1.38 bits per heavy atom. The number of aromatic nitrogens is 2. The van der Waals surface area contributed by atoms with Crippen molar-refractivity contribution in [1.82, 2.24) is 9.78 Å². The first-order valence-electron chi connectivity index (χ1n) is 6.69. The van der Waals surface area contributed by atoms with Crippen molar-refractivity contribution in [2.45, 2.75) is 27.0 Å². The van der Waals surface area contributed by atoms with Gasteiger partial charge in [-0.1, -0.05) is 5.16 Å². The fraction of sp³-hybridized carbons (Fsp3) is 0.333. The fourth-order valence-corrected chi connectivity index (χ4v) is 1.88. The van der Waals surface area contributed by atoms with Gasteiger partial charge in [0, 0.05) is 23.9 Å². The smallest absolute Gasteiger partial charge is 0.161 e. The van der Waals surface area contributed by atoms with Crippen LogP contribution in [0.15, 0.2) is 35.7 Å². The van der Waals surface area contributed by atoms with Crippen LogP contribution in [0.25, 0.3) is 0 Å². The predicted molar refractivity (Wildman–Crippen MR) is 79.2 cm³/mol. The van der Waals surface area contributed by atoms with E-state index in [4.69, 9.17) is 14.7 Å². The zero-order chi connectivity index (χ0) is 15.2. The van der Waals surface area contributed by atoms with Gasteiger partial charge in [0.25, 0.3) is 0 Å². The standard InChI is InChI=1S/C15H19N3O3/c1-4-18-9-12(8-16-18)10-21-14-6-5-13(11(2)17-19)7-15(14)20-3/h5-9,19H,4,10H2,1-3H3. The van der Waals surface area contributed by atoms with Crippen molar-refractivity contribution in [2.24, 2.45) is 5.16 Å². The number of methoxy groups -OCH3 is 1. The summed E-state index contributed by atoms with van der Waals surface area (Å²) < 4.78 is 12.9. The molecule has 0 aliphatic rings. The molecule has 6 nitrogen and oxygen atoms in total. The number of hydrogen-bond donors (Lipinski definition) is 1. The molecule has 1 aromatic heterocycles. The second-order valence-corrected chi connectivity index (χ2v) is 4.54. The molecule has 0 radical (unpaired) electrons. The van der Waals surface area contributed by atoms with Gasteiger partial charge in [0.05, 0.1) is 19.0 Å². The lowest BCUT2D eigenvalue weighted by atomic mass is 10.1. The van der Waals surface area contributed by atoms with Crippen LogP contribution in [-0.2, 0) is 13.2 Å². The molecule has 2 rings (SSSR count). The van der Waals surface area contributed by atoms with E-state index in [0.29, 0.717) is 23.8 Å². The third-order valence-corrected chi connectivity index (χ3v) is 3.14. The van der Waals surface area contributed by atoms with Crippen LogP contribution in [0.2, 0.25) is 0 Å². The van der Waals surface area contributed by atoms with Gasteiger partial charge in [-0.15, -0.1) is 0 Å². The van der Waals surface area contributed by atoms with E-state index in [2.05, 4.69) is 10.3 Å². The summed E-state index contributed by atoms with van der Waals surface area (Å²) in [6.45, 7) is 5.00. The van der Waals surface area contributed by atoms with Crippen molar-refractivity contribution in [2.75, 3.05) is 7.11 Å². The number of ether oxygens (including phenoxy) is 2. The molecule has 1 N–H and O–H groups in total. The summed E-state index contributed by atoms with van der Waals surface area (Å²) in [4.78, 5) is 0. The third-order valence-electron chi connectivity index (χ3n) is 3.14. The van der Waals surface area contributed by atoms with E-state index in [1.54, 1.807) is 32.4 Å². The molecule has 0 unspecified atom stereocenters. The molecule has 0 saturated heterocycles. The van der Waals surface area contributed by atoms with Crippen molar-refractivity contribution < 1.29 is 14.7 Å². The summed E-state index contributed by atoms with van der Waals surface area (Å²) in [6.07, 6.45) is 3.73. The van der Waals surface area contributed by atoms with Crippen molar-refractivity contribution in [3.05, 3.63) is 41.7 Å². The molecule has 0 bridgehead atoms. The first kappa shape index (κ1) is 14.9. The molecule has 0 aliphatic heterocycles. The lowest BCUT2D eigenvalue weighted by Crippen LogP contribution is -2.00. The number of aryl methyl sites for hydroxylation is 1. The zero-order valence-corrected chi connectivity index (χ0v) is 12.4. The van der Waals surface area contributed by atoms with Crippen molar-refractivity contribution in [3.8, 4) is 11.5 Å². The Kier molecular flexibility index (Phi) is 4.81. The Hall–Kier alpha value is -2.50. The lowest BCUT2D eigenvalue weighted by molar-refractivity contribution is 0.284. The molecule has 6 heteroatoms. The van der Waals surface area contributed by atoms with E-state index in [1.165, 1.54) is 0 Å². The topological polar surface area (TPSA) is 68.9 Å². The molecule has 0 fully saturated rings. The molecule has 112 valence electrons. The quantitative estimate of drug-likeness (QED) is 0.504. The maximum Gasteiger partial charge on any atom is 0.161 e. The Morgan fingerprint density at radius 2 is 2.19 bits per heavy atom. The summed E-state index contributed by atoms with van der Waals surface area (Å²) >= 11 is 0. The Labute approximate surface area is 123 Å². The van der Waals surface area contributed by atoms with E-state index >= 15 is 0 Å². The second-order valence-electron chi connectivity index (χ2n) is 4.54. The van der Waals surface area contributed by atoms with Gasteiger partial charge >= 0.3 is 0 Å². The molecular weight excluding hydrogens is 270 g/mol. The minimum atomic E-state index is 0.419. The van der Waals surface area contributed by atoms with E-state index in [-0.39, 0.29) is 0 Å². The van der Waals surface area contributed by atoms with Gasteiger partial charge in [-0.25, -0.2) is 0 Å². The summed E-state index contributed by atoms with van der Waals surface area (Å²) in [5, 5.41) is 16.2. The van der Waals surface area contributed by atoms with Crippen molar-refractivity contribution in [3.63, 3.8) is 0 Å². The molecule has 0 aliphatic carbocycles. The van der Waals surface area contributed by atoms with E-state index < -0.39 is 0 Å². The van der Waals surface area contributed by atoms with Crippen LogP contribution >= 0.6 is 0 Å². The van der Waals surface area contributed by atoms with Gasteiger partial charge in [-0.2, -0.15) is 5.10 Å². The predicted octanol–water partition coefficient (Wildman–Crippen LogP) is 2.69. The summed E-state index contributed by atoms with van der Waals surface area (Å²) in [7, 11) is 1.58. The van der Waals surface area contributed by atoms with Crippen LogP contribution in [0.4, 0.5) is 0 Å².